The van der Waals surface area contributed by atoms with Gasteiger partial charge in [0, 0.05) is 12.6 Å². The normalized spacial score (nSPS) is 24.8. The summed E-state index contributed by atoms with van der Waals surface area (Å²) in [6.07, 6.45) is 2.66. The fourth-order valence-electron chi connectivity index (χ4n) is 1.72. The predicted molar refractivity (Wildman–Crippen MR) is 51.4 cm³/mol. The molecule has 1 N–H and O–H groups in total. The molecule has 14 heavy (non-hydrogen) atoms. The molecule has 1 fully saturated rings. The van der Waals surface area contributed by atoms with Gasteiger partial charge in [0.2, 0.25) is 10.0 Å². The number of rotatable bonds is 3. The first-order valence-electron chi connectivity index (χ1n) is 4.65. The minimum Gasteiger partial charge on any atom is -0.480 e. The van der Waals surface area contributed by atoms with Gasteiger partial charge in [0.1, 0.15) is 0 Å². The van der Waals surface area contributed by atoms with Crippen molar-refractivity contribution in [2.75, 3.05) is 12.3 Å². The summed E-state index contributed by atoms with van der Waals surface area (Å²) < 4.78 is 24.4. The number of aliphatic carboxylic acids is 1. The van der Waals surface area contributed by atoms with Crippen LogP contribution in [-0.2, 0) is 14.8 Å². The van der Waals surface area contributed by atoms with Gasteiger partial charge in [-0.05, 0) is 19.8 Å². The van der Waals surface area contributed by atoms with Gasteiger partial charge in [-0.15, -0.1) is 0 Å². The maximum absolute atomic E-state index is 11.6. The lowest BCUT2D eigenvalue weighted by Gasteiger charge is -2.31. The van der Waals surface area contributed by atoms with Crippen LogP contribution in [0.15, 0.2) is 0 Å². The Bertz CT molecular complexity index is 311. The fourth-order valence-corrected chi connectivity index (χ4v) is 3.26. The van der Waals surface area contributed by atoms with Gasteiger partial charge in [-0.2, -0.15) is 4.31 Å². The highest BCUT2D eigenvalue weighted by Gasteiger charge is 2.30. The van der Waals surface area contributed by atoms with Crippen molar-refractivity contribution in [1.29, 1.82) is 0 Å². The Hall–Kier alpha value is -0.620. The van der Waals surface area contributed by atoms with Crippen molar-refractivity contribution < 1.29 is 18.3 Å². The molecule has 0 spiro atoms. The molecule has 0 aliphatic carbocycles. The Kier molecular flexibility index (Phi) is 3.49. The summed E-state index contributed by atoms with van der Waals surface area (Å²) in [5.74, 6) is -2.08. The second kappa shape index (κ2) is 4.27. The van der Waals surface area contributed by atoms with E-state index in [4.69, 9.17) is 5.11 Å². The maximum Gasteiger partial charge on any atom is 0.320 e. The molecular formula is C8H15NO4S. The molecule has 1 saturated heterocycles. The van der Waals surface area contributed by atoms with Crippen LogP contribution < -0.4 is 0 Å². The molecule has 0 radical (unpaired) electrons. The van der Waals surface area contributed by atoms with Crippen molar-refractivity contribution in [1.82, 2.24) is 4.31 Å². The Morgan fingerprint density at radius 2 is 2.14 bits per heavy atom. The Morgan fingerprint density at radius 3 is 2.64 bits per heavy atom. The zero-order valence-electron chi connectivity index (χ0n) is 8.14. The van der Waals surface area contributed by atoms with E-state index in [1.54, 1.807) is 0 Å². The van der Waals surface area contributed by atoms with Gasteiger partial charge in [0.05, 0.1) is 0 Å². The van der Waals surface area contributed by atoms with Gasteiger partial charge in [-0.25, -0.2) is 8.42 Å². The lowest BCUT2D eigenvalue weighted by molar-refractivity contribution is -0.134. The maximum atomic E-state index is 11.6. The number of nitrogens with zero attached hydrogens (tertiary/aromatic N) is 1. The molecule has 1 aliphatic rings. The summed E-state index contributed by atoms with van der Waals surface area (Å²) in [7, 11) is -3.60. The van der Waals surface area contributed by atoms with Gasteiger partial charge in [-0.3, -0.25) is 4.79 Å². The molecule has 1 atom stereocenters. The summed E-state index contributed by atoms with van der Waals surface area (Å²) in [4.78, 5) is 10.4. The van der Waals surface area contributed by atoms with E-state index >= 15 is 0 Å². The zero-order chi connectivity index (χ0) is 10.8. The molecule has 0 bridgehead atoms. The minimum absolute atomic E-state index is 0.0619. The zero-order valence-corrected chi connectivity index (χ0v) is 8.96. The number of carbonyl (C=O) groups is 1. The highest BCUT2D eigenvalue weighted by molar-refractivity contribution is 7.89. The Balaban J connectivity index is 2.75. The molecule has 0 aromatic carbocycles. The molecule has 5 nitrogen and oxygen atoms in total. The number of hydrogen-bond acceptors (Lipinski definition) is 3. The molecule has 1 unspecified atom stereocenters. The molecule has 0 saturated carbocycles. The van der Waals surface area contributed by atoms with Crippen molar-refractivity contribution >= 4 is 16.0 Å². The highest BCUT2D eigenvalue weighted by atomic mass is 32.2. The van der Waals surface area contributed by atoms with Crippen LogP contribution in [0.3, 0.4) is 0 Å². The topological polar surface area (TPSA) is 74.7 Å². The molecule has 0 amide bonds. The van der Waals surface area contributed by atoms with Crippen LogP contribution in [0.25, 0.3) is 0 Å². The van der Waals surface area contributed by atoms with Gasteiger partial charge in [0.25, 0.3) is 0 Å². The third kappa shape index (κ3) is 2.68. The second-order valence-electron chi connectivity index (χ2n) is 3.61. The lowest BCUT2D eigenvalue weighted by Crippen LogP contribution is -2.44. The largest absolute Gasteiger partial charge is 0.480 e. The fraction of sp³-hybridized carbons (Fsp3) is 0.875. The van der Waals surface area contributed by atoms with Crippen molar-refractivity contribution in [3.05, 3.63) is 0 Å². The second-order valence-corrected chi connectivity index (χ2v) is 5.53. The van der Waals surface area contributed by atoms with E-state index in [1.165, 1.54) is 4.31 Å². The van der Waals surface area contributed by atoms with Crippen molar-refractivity contribution in [2.45, 2.75) is 32.2 Å². The van der Waals surface area contributed by atoms with E-state index in [9.17, 15) is 13.2 Å². The van der Waals surface area contributed by atoms with Gasteiger partial charge < -0.3 is 5.11 Å². The van der Waals surface area contributed by atoms with Gasteiger partial charge in [-0.1, -0.05) is 6.42 Å². The molecule has 0 aromatic rings. The number of sulfonamides is 1. The Morgan fingerprint density at radius 1 is 1.50 bits per heavy atom. The summed E-state index contributed by atoms with van der Waals surface area (Å²) in [5.41, 5.74) is 0. The number of hydrogen-bond donors (Lipinski definition) is 1. The molecule has 82 valence electrons. The number of carboxylic acids is 1. The molecule has 1 aliphatic heterocycles. The van der Waals surface area contributed by atoms with Gasteiger partial charge in [0.15, 0.2) is 5.75 Å². The summed E-state index contributed by atoms with van der Waals surface area (Å²) in [6, 6.07) is -0.0619. The van der Waals surface area contributed by atoms with Crippen LogP contribution in [0.2, 0.25) is 0 Å². The van der Waals surface area contributed by atoms with E-state index < -0.39 is 21.7 Å². The summed E-state index contributed by atoms with van der Waals surface area (Å²) in [5, 5.41) is 8.46. The monoisotopic (exact) mass is 221 g/mol. The number of carboxylic acid groups (broad SMARTS) is 1. The number of piperidine rings is 1. The van der Waals surface area contributed by atoms with Crippen LogP contribution in [0.1, 0.15) is 26.2 Å². The highest BCUT2D eigenvalue weighted by Crippen LogP contribution is 2.19. The summed E-state index contributed by atoms with van der Waals surface area (Å²) in [6.45, 7) is 2.27. The average molecular weight is 221 g/mol. The SMILES string of the molecule is CC1CCCCN1S(=O)(=O)CC(=O)O. The first-order chi connectivity index (χ1) is 6.43. The van der Waals surface area contributed by atoms with Crippen molar-refractivity contribution in [2.24, 2.45) is 0 Å². The first-order valence-corrected chi connectivity index (χ1v) is 6.26. The Labute approximate surface area is 83.8 Å². The lowest BCUT2D eigenvalue weighted by atomic mass is 10.1. The summed E-state index contributed by atoms with van der Waals surface area (Å²) >= 11 is 0. The van der Waals surface area contributed by atoms with Gasteiger partial charge >= 0.3 is 5.97 Å². The van der Waals surface area contributed by atoms with E-state index in [-0.39, 0.29) is 6.04 Å². The molecule has 0 aromatic heterocycles. The van der Waals surface area contributed by atoms with Crippen LogP contribution in [0, 0.1) is 0 Å². The molecular weight excluding hydrogens is 206 g/mol. The van der Waals surface area contributed by atoms with Crippen LogP contribution >= 0.6 is 0 Å². The van der Waals surface area contributed by atoms with E-state index in [2.05, 4.69) is 0 Å². The van der Waals surface area contributed by atoms with Crippen LogP contribution in [-0.4, -0.2) is 42.1 Å². The van der Waals surface area contributed by atoms with E-state index in [1.807, 2.05) is 6.92 Å². The molecule has 1 heterocycles. The van der Waals surface area contributed by atoms with E-state index in [0.717, 1.165) is 19.3 Å². The average Bonchev–Trinajstić information content (AvgIpc) is 2.02. The molecule has 6 heteroatoms. The van der Waals surface area contributed by atoms with Crippen molar-refractivity contribution in [3.63, 3.8) is 0 Å². The standard InChI is InChI=1S/C8H15NO4S/c1-7-4-2-3-5-9(7)14(12,13)6-8(10)11/h7H,2-6H2,1H3,(H,10,11). The smallest absolute Gasteiger partial charge is 0.320 e. The minimum atomic E-state index is -3.60. The predicted octanol–water partition coefficient (Wildman–Crippen LogP) is 0.275. The quantitative estimate of drug-likeness (QED) is 0.742. The third-order valence-corrected chi connectivity index (χ3v) is 4.27. The third-order valence-electron chi connectivity index (χ3n) is 2.41. The first kappa shape index (κ1) is 11.5. The van der Waals surface area contributed by atoms with E-state index in [0.29, 0.717) is 6.54 Å². The molecule has 1 rings (SSSR count). The van der Waals surface area contributed by atoms with Crippen LogP contribution in [0.4, 0.5) is 0 Å². The van der Waals surface area contributed by atoms with Crippen LogP contribution in [0.5, 0.6) is 0 Å². The van der Waals surface area contributed by atoms with Crippen molar-refractivity contribution in [3.8, 4) is 0 Å².